The molecule has 0 fully saturated rings. The van der Waals surface area contributed by atoms with Crippen molar-refractivity contribution in [1.82, 2.24) is 9.66 Å². The molecule has 4 aromatic rings. The SMILES string of the molecule is CCOc1cc(C)c(-c2nc3ccccc3c(=O)n2N=Cc2cc(Cl)c(OCC(=O)OC)c(OC)c2)cc1C(C)C. The van der Waals surface area contributed by atoms with Crippen LogP contribution in [0.1, 0.15) is 43.4 Å². The molecule has 0 aliphatic heterocycles. The smallest absolute Gasteiger partial charge is 0.343 e. The van der Waals surface area contributed by atoms with Gasteiger partial charge in [0.15, 0.2) is 23.9 Å². The Morgan fingerprint density at radius 1 is 1.10 bits per heavy atom. The summed E-state index contributed by atoms with van der Waals surface area (Å²) in [7, 11) is 2.72. The Morgan fingerprint density at radius 2 is 1.85 bits per heavy atom. The van der Waals surface area contributed by atoms with Gasteiger partial charge in [0.1, 0.15) is 5.75 Å². The Bertz CT molecular complexity index is 1680. The van der Waals surface area contributed by atoms with E-state index in [0.717, 1.165) is 22.4 Å². The number of para-hydroxylation sites is 1. The lowest BCUT2D eigenvalue weighted by atomic mass is 9.96. The molecule has 41 heavy (non-hydrogen) atoms. The van der Waals surface area contributed by atoms with Crippen molar-refractivity contribution in [3.05, 3.63) is 80.6 Å². The van der Waals surface area contributed by atoms with Crippen LogP contribution in [-0.2, 0) is 9.53 Å². The lowest BCUT2D eigenvalue weighted by Crippen LogP contribution is -2.21. The summed E-state index contributed by atoms with van der Waals surface area (Å²) in [6, 6.07) is 14.4. The number of nitrogens with zero attached hydrogens (tertiary/aromatic N) is 3. The summed E-state index contributed by atoms with van der Waals surface area (Å²) < 4.78 is 22.7. The Balaban J connectivity index is 1.87. The second kappa shape index (κ2) is 12.9. The molecule has 0 spiro atoms. The fourth-order valence-electron chi connectivity index (χ4n) is 4.34. The van der Waals surface area contributed by atoms with Crippen LogP contribution in [0.2, 0.25) is 5.02 Å². The Kier molecular flexibility index (Phi) is 9.29. The van der Waals surface area contributed by atoms with Crippen molar-refractivity contribution in [2.45, 2.75) is 33.6 Å². The minimum atomic E-state index is -0.560. The highest BCUT2D eigenvalue weighted by Crippen LogP contribution is 2.37. The molecule has 0 aliphatic rings. The number of rotatable bonds is 10. The first-order valence-corrected chi connectivity index (χ1v) is 13.5. The Hall–Kier alpha value is -4.37. The lowest BCUT2D eigenvalue weighted by Gasteiger charge is -2.18. The van der Waals surface area contributed by atoms with Crippen LogP contribution in [0.4, 0.5) is 0 Å². The molecule has 0 N–H and O–H groups in total. The quantitative estimate of drug-likeness (QED) is 0.168. The van der Waals surface area contributed by atoms with E-state index in [0.29, 0.717) is 28.9 Å². The van der Waals surface area contributed by atoms with Gasteiger partial charge in [-0.15, -0.1) is 0 Å². The van der Waals surface area contributed by atoms with Gasteiger partial charge in [-0.1, -0.05) is 37.6 Å². The van der Waals surface area contributed by atoms with E-state index in [1.54, 1.807) is 30.3 Å². The van der Waals surface area contributed by atoms with Gasteiger partial charge in [-0.2, -0.15) is 9.78 Å². The van der Waals surface area contributed by atoms with E-state index >= 15 is 0 Å². The predicted molar refractivity (Wildman–Crippen MR) is 160 cm³/mol. The number of ether oxygens (including phenoxy) is 4. The molecule has 1 heterocycles. The molecule has 1 aromatic heterocycles. The number of halogens is 1. The highest BCUT2D eigenvalue weighted by atomic mass is 35.5. The third-order valence-corrected chi connectivity index (χ3v) is 6.69. The van der Waals surface area contributed by atoms with Crippen LogP contribution >= 0.6 is 11.6 Å². The lowest BCUT2D eigenvalue weighted by molar-refractivity contribution is -0.142. The highest BCUT2D eigenvalue weighted by Gasteiger charge is 2.19. The average molecular weight is 578 g/mol. The average Bonchev–Trinajstić information content (AvgIpc) is 2.95. The molecule has 0 amide bonds. The first-order valence-electron chi connectivity index (χ1n) is 13.1. The molecule has 4 rings (SSSR count). The normalized spacial score (nSPS) is 11.3. The summed E-state index contributed by atoms with van der Waals surface area (Å²) in [5, 5.41) is 5.20. The Morgan fingerprint density at radius 3 is 2.54 bits per heavy atom. The molecule has 3 aromatic carbocycles. The van der Waals surface area contributed by atoms with Gasteiger partial charge < -0.3 is 18.9 Å². The molecule has 0 radical (unpaired) electrons. The number of esters is 1. The fourth-order valence-corrected chi connectivity index (χ4v) is 4.62. The van der Waals surface area contributed by atoms with Gasteiger partial charge in [-0.25, -0.2) is 9.78 Å². The molecule has 10 heteroatoms. The number of fused-ring (bicyclic) bond motifs is 1. The van der Waals surface area contributed by atoms with Crippen LogP contribution in [0.15, 0.2) is 58.4 Å². The van der Waals surface area contributed by atoms with Crippen molar-refractivity contribution in [1.29, 1.82) is 0 Å². The topological polar surface area (TPSA) is 101 Å². The second-order valence-electron chi connectivity index (χ2n) is 9.51. The summed E-state index contributed by atoms with van der Waals surface area (Å²) >= 11 is 6.46. The maximum absolute atomic E-state index is 13.7. The van der Waals surface area contributed by atoms with Crippen LogP contribution in [0.3, 0.4) is 0 Å². The third kappa shape index (κ3) is 6.36. The van der Waals surface area contributed by atoms with Crippen LogP contribution in [-0.4, -0.2) is 49.3 Å². The van der Waals surface area contributed by atoms with E-state index in [-0.39, 0.29) is 34.6 Å². The molecular formula is C31H32ClN3O6. The van der Waals surface area contributed by atoms with Crippen molar-refractivity contribution in [3.63, 3.8) is 0 Å². The zero-order valence-corrected chi connectivity index (χ0v) is 24.6. The number of hydrogen-bond donors (Lipinski definition) is 0. The molecule has 0 aliphatic carbocycles. The summed E-state index contributed by atoms with van der Waals surface area (Å²) in [6.45, 7) is 8.29. The van der Waals surface area contributed by atoms with Crippen molar-refractivity contribution >= 4 is 34.7 Å². The standard InChI is InChI=1S/C31H32ClN3O6/c1-7-40-26-12-19(4)23(15-22(26)18(2)3)30-34-25-11-9-8-10-21(25)31(37)35(30)33-16-20-13-24(32)29(27(14-20)38-5)41-17-28(36)39-6/h8-16,18H,7,17H2,1-6H3. The van der Waals surface area contributed by atoms with E-state index in [1.807, 2.05) is 32.0 Å². The molecule has 0 saturated carbocycles. The zero-order valence-electron chi connectivity index (χ0n) is 23.9. The van der Waals surface area contributed by atoms with E-state index in [9.17, 15) is 9.59 Å². The summed E-state index contributed by atoms with van der Waals surface area (Å²) in [5.74, 6) is 1.29. The van der Waals surface area contributed by atoms with Gasteiger partial charge in [0.25, 0.3) is 5.56 Å². The van der Waals surface area contributed by atoms with Crippen LogP contribution in [0.25, 0.3) is 22.3 Å². The second-order valence-corrected chi connectivity index (χ2v) is 9.91. The third-order valence-electron chi connectivity index (χ3n) is 6.41. The van der Waals surface area contributed by atoms with E-state index in [4.69, 9.17) is 30.8 Å². The first-order chi connectivity index (χ1) is 19.7. The molecule has 0 atom stereocenters. The molecule has 9 nitrogen and oxygen atoms in total. The summed E-state index contributed by atoms with van der Waals surface area (Å²) in [4.78, 5) is 30.1. The van der Waals surface area contributed by atoms with Crippen LogP contribution in [0.5, 0.6) is 17.2 Å². The minimum Gasteiger partial charge on any atom is -0.494 e. The van der Waals surface area contributed by atoms with Gasteiger partial charge in [-0.3, -0.25) is 4.79 Å². The van der Waals surface area contributed by atoms with Gasteiger partial charge in [0, 0.05) is 5.56 Å². The fraction of sp³-hybridized carbons (Fsp3) is 0.290. The number of aromatic nitrogens is 2. The zero-order chi connectivity index (χ0) is 29.7. The molecule has 0 unspecified atom stereocenters. The largest absolute Gasteiger partial charge is 0.494 e. The molecule has 214 valence electrons. The van der Waals surface area contributed by atoms with Crippen LogP contribution in [0, 0.1) is 6.92 Å². The van der Waals surface area contributed by atoms with Gasteiger partial charge in [0.2, 0.25) is 0 Å². The number of methoxy groups -OCH3 is 2. The maximum Gasteiger partial charge on any atom is 0.343 e. The summed E-state index contributed by atoms with van der Waals surface area (Å²) in [5.41, 5.74) is 3.44. The predicted octanol–water partition coefficient (Wildman–Crippen LogP) is 5.99. The number of carbonyl (C=O) groups excluding carboxylic acids is 1. The van der Waals surface area contributed by atoms with E-state index in [1.165, 1.54) is 25.1 Å². The van der Waals surface area contributed by atoms with Gasteiger partial charge in [-0.05, 0) is 72.9 Å². The minimum absolute atomic E-state index is 0.176. The monoisotopic (exact) mass is 577 g/mol. The number of benzene rings is 3. The van der Waals surface area contributed by atoms with Crippen molar-refractivity contribution in [3.8, 4) is 28.6 Å². The van der Waals surface area contributed by atoms with Crippen LogP contribution < -0.4 is 19.8 Å². The summed E-state index contributed by atoms with van der Waals surface area (Å²) in [6.07, 6.45) is 1.49. The van der Waals surface area contributed by atoms with Crippen molar-refractivity contribution < 1.29 is 23.7 Å². The van der Waals surface area contributed by atoms with Crippen molar-refractivity contribution in [2.75, 3.05) is 27.4 Å². The molecule has 0 bridgehead atoms. The molecular weight excluding hydrogens is 546 g/mol. The van der Waals surface area contributed by atoms with E-state index in [2.05, 4.69) is 23.7 Å². The highest BCUT2D eigenvalue weighted by molar-refractivity contribution is 6.32. The van der Waals surface area contributed by atoms with Gasteiger partial charge >= 0.3 is 5.97 Å². The Labute approximate surface area is 243 Å². The first kappa shape index (κ1) is 29.6. The number of hydrogen-bond acceptors (Lipinski definition) is 8. The number of carbonyl (C=O) groups is 1. The maximum atomic E-state index is 13.7. The molecule has 0 saturated heterocycles. The van der Waals surface area contributed by atoms with Gasteiger partial charge in [0.05, 0.1) is 43.0 Å². The van der Waals surface area contributed by atoms with Crippen molar-refractivity contribution in [2.24, 2.45) is 5.10 Å². The van der Waals surface area contributed by atoms with E-state index < -0.39 is 5.97 Å². The number of aryl methyl sites for hydroxylation is 1.